The van der Waals surface area contributed by atoms with Gasteiger partial charge in [0, 0.05) is 13.0 Å². The molecular formula is C59H102O9. The zero-order valence-electron chi connectivity index (χ0n) is 43.3. The van der Waals surface area contributed by atoms with Gasteiger partial charge in [0.15, 0.2) is 6.29 Å². The normalized spacial score (nSPS) is 19.8. The molecule has 1 heterocycles. The van der Waals surface area contributed by atoms with E-state index in [4.69, 9.17) is 18.9 Å². The Bertz CT molecular complexity index is 1320. The van der Waals surface area contributed by atoms with Crippen LogP contribution in [0.1, 0.15) is 219 Å². The minimum Gasteiger partial charge on any atom is -0.457 e. The Morgan fingerprint density at radius 1 is 0.485 bits per heavy atom. The molecule has 1 rings (SSSR count). The Hall–Kier alpha value is -2.63. The van der Waals surface area contributed by atoms with Crippen LogP contribution in [0.4, 0.5) is 0 Å². The van der Waals surface area contributed by atoms with E-state index < -0.39 is 43.4 Å². The van der Waals surface area contributed by atoms with E-state index in [-0.39, 0.29) is 19.2 Å². The van der Waals surface area contributed by atoms with Crippen molar-refractivity contribution in [2.45, 2.75) is 256 Å². The van der Waals surface area contributed by atoms with Crippen molar-refractivity contribution in [3.63, 3.8) is 0 Å². The van der Waals surface area contributed by atoms with Crippen LogP contribution in [-0.4, -0.2) is 89.6 Å². The lowest BCUT2D eigenvalue weighted by molar-refractivity contribution is -0.305. The zero-order valence-corrected chi connectivity index (χ0v) is 43.3. The number of hydrogen-bond donors (Lipinski definition) is 4. The maximum Gasteiger partial charge on any atom is 0.306 e. The number of allylic oxidation sites excluding steroid dienone is 14. The summed E-state index contributed by atoms with van der Waals surface area (Å²) in [4.78, 5) is 12.9. The Labute approximate surface area is 416 Å². The van der Waals surface area contributed by atoms with Crippen LogP contribution in [0, 0.1) is 0 Å². The third-order valence-corrected chi connectivity index (χ3v) is 12.3. The SMILES string of the molecule is CC/C=C\C/C=C\C/C=C\C/C=C\C/C=C\C/C=C\CCCCCCCOCC(COC1OC(CO)C(O)C(O)C1O)OC(=O)CCCCCCCCCCC/C=C\CCCCCCCCCC. The molecule has 9 heteroatoms. The van der Waals surface area contributed by atoms with Crippen molar-refractivity contribution in [2.75, 3.05) is 26.4 Å². The highest BCUT2D eigenvalue weighted by atomic mass is 16.7. The lowest BCUT2D eigenvalue weighted by Crippen LogP contribution is -2.59. The molecule has 0 saturated carbocycles. The van der Waals surface area contributed by atoms with Crippen LogP contribution in [0.5, 0.6) is 0 Å². The molecule has 9 nitrogen and oxygen atoms in total. The van der Waals surface area contributed by atoms with Gasteiger partial charge in [0.1, 0.15) is 30.5 Å². The van der Waals surface area contributed by atoms with Crippen LogP contribution in [0.3, 0.4) is 0 Å². The molecule has 0 aromatic rings. The summed E-state index contributed by atoms with van der Waals surface area (Å²) >= 11 is 0. The first-order chi connectivity index (χ1) is 33.4. The molecule has 0 radical (unpaired) electrons. The quantitative estimate of drug-likeness (QED) is 0.0267. The third-order valence-electron chi connectivity index (χ3n) is 12.3. The highest BCUT2D eigenvalue weighted by molar-refractivity contribution is 5.69. The second-order valence-electron chi connectivity index (χ2n) is 18.6. The molecule has 1 aliphatic heterocycles. The second kappa shape index (κ2) is 49.4. The Morgan fingerprint density at radius 3 is 1.37 bits per heavy atom. The summed E-state index contributed by atoms with van der Waals surface area (Å²) in [5.41, 5.74) is 0. The van der Waals surface area contributed by atoms with Crippen molar-refractivity contribution in [1.82, 2.24) is 0 Å². The lowest BCUT2D eigenvalue weighted by atomic mass is 9.99. The second-order valence-corrected chi connectivity index (χ2v) is 18.6. The minimum absolute atomic E-state index is 0.126. The van der Waals surface area contributed by atoms with Gasteiger partial charge >= 0.3 is 5.97 Å². The van der Waals surface area contributed by atoms with Crippen LogP contribution in [0.2, 0.25) is 0 Å². The number of ether oxygens (including phenoxy) is 4. The fourth-order valence-electron chi connectivity index (χ4n) is 8.02. The number of carbonyl (C=O) groups excluding carboxylic acids is 1. The maximum absolute atomic E-state index is 12.9. The summed E-state index contributed by atoms with van der Waals surface area (Å²) in [6.07, 6.45) is 60.5. The van der Waals surface area contributed by atoms with Gasteiger partial charge in [0.25, 0.3) is 0 Å². The van der Waals surface area contributed by atoms with Crippen molar-refractivity contribution in [1.29, 1.82) is 0 Å². The number of unbranched alkanes of at least 4 members (excludes halogenated alkanes) is 22. The van der Waals surface area contributed by atoms with Crippen molar-refractivity contribution in [3.05, 3.63) is 85.1 Å². The van der Waals surface area contributed by atoms with Crippen LogP contribution in [0.15, 0.2) is 85.1 Å². The minimum atomic E-state index is -1.55. The van der Waals surface area contributed by atoms with E-state index >= 15 is 0 Å². The monoisotopic (exact) mass is 955 g/mol. The summed E-state index contributed by atoms with van der Waals surface area (Å²) in [6.45, 7) is 4.41. The van der Waals surface area contributed by atoms with Crippen LogP contribution in [0.25, 0.3) is 0 Å². The Balaban J connectivity index is 2.21. The molecule has 1 aliphatic rings. The molecule has 0 aliphatic carbocycles. The highest BCUT2D eigenvalue weighted by Crippen LogP contribution is 2.23. The molecule has 68 heavy (non-hydrogen) atoms. The van der Waals surface area contributed by atoms with Crippen molar-refractivity contribution in [2.24, 2.45) is 0 Å². The van der Waals surface area contributed by atoms with E-state index in [2.05, 4.69) is 98.9 Å². The van der Waals surface area contributed by atoms with E-state index in [1.54, 1.807) is 0 Å². The number of aliphatic hydroxyl groups excluding tert-OH is 4. The standard InChI is InChI=1S/C59H102O9/c1-3-5-7-9-11-13-15-17-19-21-23-25-26-27-29-31-33-35-37-39-41-43-45-47-49-65-51-53(52-66-59-58(64)57(63)56(62)54(50-60)68-59)67-55(61)48-46-44-42-40-38-36-34-32-30-28-24-22-20-18-16-14-12-10-8-6-4-2/h5,7,11,13,17,19,22-25,27,29,33,35,53-54,56-60,62-64H,3-4,6,8-10,12,14-16,18,20-21,26,28,30-32,34,36-52H2,1-2H3/b7-5-,13-11-,19-17-,24-22-,25-23-,29-27-,35-33-. The number of esters is 1. The fraction of sp³-hybridized carbons (Fsp3) is 0.746. The van der Waals surface area contributed by atoms with Gasteiger partial charge in [-0.1, -0.05) is 208 Å². The first-order valence-electron chi connectivity index (χ1n) is 27.7. The molecule has 4 N–H and O–H groups in total. The molecule has 0 aromatic heterocycles. The fourth-order valence-corrected chi connectivity index (χ4v) is 8.02. The van der Waals surface area contributed by atoms with E-state index in [0.29, 0.717) is 13.0 Å². The summed E-state index contributed by atoms with van der Waals surface area (Å²) in [5.74, 6) is -0.324. The van der Waals surface area contributed by atoms with Crippen molar-refractivity contribution in [3.8, 4) is 0 Å². The summed E-state index contributed by atoms with van der Waals surface area (Å²) < 4.78 is 22.9. The van der Waals surface area contributed by atoms with E-state index in [1.165, 1.54) is 103 Å². The van der Waals surface area contributed by atoms with Gasteiger partial charge in [-0.15, -0.1) is 0 Å². The van der Waals surface area contributed by atoms with Gasteiger partial charge in [0.05, 0.1) is 19.8 Å². The highest BCUT2D eigenvalue weighted by Gasteiger charge is 2.44. The molecule has 6 unspecified atom stereocenters. The van der Waals surface area contributed by atoms with Crippen LogP contribution >= 0.6 is 0 Å². The summed E-state index contributed by atoms with van der Waals surface area (Å²) in [6, 6.07) is 0. The first kappa shape index (κ1) is 63.4. The van der Waals surface area contributed by atoms with Crippen molar-refractivity contribution < 1.29 is 44.2 Å². The zero-order chi connectivity index (χ0) is 49.2. The predicted molar refractivity (Wildman–Crippen MR) is 283 cm³/mol. The first-order valence-corrected chi connectivity index (χ1v) is 27.7. The molecular weight excluding hydrogens is 853 g/mol. The summed E-state index contributed by atoms with van der Waals surface area (Å²) in [5, 5.41) is 40.3. The largest absolute Gasteiger partial charge is 0.457 e. The van der Waals surface area contributed by atoms with Gasteiger partial charge < -0.3 is 39.4 Å². The maximum atomic E-state index is 12.9. The molecule has 0 bridgehead atoms. The average molecular weight is 955 g/mol. The van der Waals surface area contributed by atoms with Gasteiger partial charge in [-0.05, 0) is 89.9 Å². The summed E-state index contributed by atoms with van der Waals surface area (Å²) in [7, 11) is 0. The molecule has 392 valence electrons. The predicted octanol–water partition coefficient (Wildman–Crippen LogP) is 14.1. The molecule has 1 fully saturated rings. The molecule has 0 amide bonds. The molecule has 0 aromatic carbocycles. The van der Waals surface area contributed by atoms with E-state index in [1.807, 2.05) is 0 Å². The van der Waals surface area contributed by atoms with Crippen LogP contribution < -0.4 is 0 Å². The molecule has 0 spiro atoms. The topological polar surface area (TPSA) is 135 Å². The Kier molecular flexibility index (Phi) is 46.0. The van der Waals surface area contributed by atoms with Crippen molar-refractivity contribution >= 4 is 5.97 Å². The average Bonchev–Trinajstić information content (AvgIpc) is 3.34. The Morgan fingerprint density at radius 2 is 0.897 bits per heavy atom. The van der Waals surface area contributed by atoms with Gasteiger partial charge in [-0.25, -0.2) is 0 Å². The van der Waals surface area contributed by atoms with Gasteiger partial charge in [-0.3, -0.25) is 4.79 Å². The van der Waals surface area contributed by atoms with E-state index in [0.717, 1.165) is 96.3 Å². The molecule has 6 atom stereocenters. The molecule has 1 saturated heterocycles. The number of rotatable bonds is 47. The van der Waals surface area contributed by atoms with Gasteiger partial charge in [0.2, 0.25) is 0 Å². The van der Waals surface area contributed by atoms with E-state index in [9.17, 15) is 25.2 Å². The smallest absolute Gasteiger partial charge is 0.306 e. The third kappa shape index (κ3) is 39.1. The number of aliphatic hydroxyl groups is 4. The lowest BCUT2D eigenvalue weighted by Gasteiger charge is -2.39. The number of hydrogen-bond acceptors (Lipinski definition) is 9. The number of carbonyl (C=O) groups is 1. The van der Waals surface area contributed by atoms with Crippen LogP contribution in [-0.2, 0) is 23.7 Å². The van der Waals surface area contributed by atoms with Gasteiger partial charge in [-0.2, -0.15) is 0 Å².